The van der Waals surface area contributed by atoms with Crippen LogP contribution in [0.2, 0.25) is 5.02 Å². The SMILES string of the molecule is Nc1ccc2cc(S(=O)(=O)O)ccc2c1N=Nc1cc(Cl)ccc1O. The van der Waals surface area contributed by atoms with Crippen LogP contribution >= 0.6 is 11.6 Å². The predicted octanol–water partition coefficient (Wildman–Crippen LogP) is 4.44. The van der Waals surface area contributed by atoms with Crippen molar-refractivity contribution in [2.45, 2.75) is 4.90 Å². The first kappa shape index (κ1) is 17.2. The number of hydrogen-bond acceptors (Lipinski definition) is 6. The van der Waals surface area contributed by atoms with Crippen LogP contribution in [-0.4, -0.2) is 18.1 Å². The van der Waals surface area contributed by atoms with Crippen molar-refractivity contribution in [3.05, 3.63) is 53.6 Å². The van der Waals surface area contributed by atoms with Gasteiger partial charge in [-0.3, -0.25) is 4.55 Å². The molecule has 0 spiro atoms. The van der Waals surface area contributed by atoms with Crippen LogP contribution in [0.25, 0.3) is 10.8 Å². The fraction of sp³-hybridized carbons (Fsp3) is 0. The Bertz CT molecular complexity index is 1110. The normalized spacial score (nSPS) is 12.1. The third kappa shape index (κ3) is 3.55. The Kier molecular flexibility index (Phi) is 4.34. The predicted molar refractivity (Wildman–Crippen MR) is 95.5 cm³/mol. The Morgan fingerprint density at radius 1 is 1.00 bits per heavy atom. The highest BCUT2D eigenvalue weighted by Crippen LogP contribution is 2.36. The molecule has 0 bridgehead atoms. The monoisotopic (exact) mass is 377 g/mol. The van der Waals surface area contributed by atoms with E-state index in [0.29, 0.717) is 27.2 Å². The third-order valence-electron chi connectivity index (χ3n) is 3.49. The number of phenolic OH excluding ortho intramolecular Hbond substituents is 1. The maximum Gasteiger partial charge on any atom is 0.294 e. The summed E-state index contributed by atoms with van der Waals surface area (Å²) in [5.74, 6) is -0.0966. The lowest BCUT2D eigenvalue weighted by Crippen LogP contribution is -1.97. The lowest BCUT2D eigenvalue weighted by atomic mass is 10.1. The van der Waals surface area contributed by atoms with Crippen molar-refractivity contribution >= 4 is 49.6 Å². The minimum atomic E-state index is -4.32. The second kappa shape index (κ2) is 6.32. The molecule has 3 aromatic rings. The Morgan fingerprint density at radius 3 is 2.48 bits per heavy atom. The lowest BCUT2D eigenvalue weighted by molar-refractivity contribution is 0.476. The molecular formula is C16H12ClN3O4S. The Morgan fingerprint density at radius 2 is 1.76 bits per heavy atom. The van der Waals surface area contributed by atoms with Gasteiger partial charge in [0.05, 0.1) is 10.6 Å². The third-order valence-corrected chi connectivity index (χ3v) is 4.57. The quantitative estimate of drug-likeness (QED) is 0.353. The molecule has 0 aliphatic rings. The molecular weight excluding hydrogens is 366 g/mol. The van der Waals surface area contributed by atoms with Gasteiger partial charge in [0.1, 0.15) is 17.1 Å². The van der Waals surface area contributed by atoms with Gasteiger partial charge in [-0.15, -0.1) is 10.2 Å². The van der Waals surface area contributed by atoms with E-state index in [0.717, 1.165) is 0 Å². The number of phenols is 1. The standard InChI is InChI=1S/C16H12ClN3O4S/c17-10-2-6-15(21)14(8-10)19-20-16-12-4-3-11(25(22,23)24)7-9(12)1-5-13(16)18/h1-8,21H,18H2,(H,22,23,24). The van der Waals surface area contributed by atoms with Gasteiger partial charge >= 0.3 is 0 Å². The molecule has 0 saturated carbocycles. The Hall–Kier alpha value is -2.68. The van der Waals surface area contributed by atoms with Crippen molar-refractivity contribution in [3.63, 3.8) is 0 Å². The van der Waals surface area contributed by atoms with E-state index in [2.05, 4.69) is 10.2 Å². The van der Waals surface area contributed by atoms with Crippen molar-refractivity contribution in [1.82, 2.24) is 0 Å². The topological polar surface area (TPSA) is 125 Å². The smallest absolute Gasteiger partial charge is 0.294 e. The molecule has 0 unspecified atom stereocenters. The van der Waals surface area contributed by atoms with Gasteiger partial charge in [-0.1, -0.05) is 23.7 Å². The second-order valence-corrected chi connectivity index (χ2v) is 7.05. The molecule has 7 nitrogen and oxygen atoms in total. The first-order valence-electron chi connectivity index (χ1n) is 6.96. The fourth-order valence-corrected chi connectivity index (χ4v) is 2.94. The molecule has 4 N–H and O–H groups in total. The van der Waals surface area contributed by atoms with Crippen LogP contribution in [0.15, 0.2) is 63.7 Å². The zero-order chi connectivity index (χ0) is 18.2. The number of halogens is 1. The van der Waals surface area contributed by atoms with E-state index < -0.39 is 10.1 Å². The lowest BCUT2D eigenvalue weighted by Gasteiger charge is -2.06. The van der Waals surface area contributed by atoms with E-state index in [9.17, 15) is 13.5 Å². The molecule has 128 valence electrons. The molecule has 0 aliphatic heterocycles. The zero-order valence-corrected chi connectivity index (χ0v) is 14.2. The molecule has 3 rings (SSSR count). The van der Waals surface area contributed by atoms with Crippen LogP contribution in [0, 0.1) is 0 Å². The van der Waals surface area contributed by atoms with Crippen molar-refractivity contribution in [1.29, 1.82) is 0 Å². The van der Waals surface area contributed by atoms with Gasteiger partial charge in [-0.05, 0) is 41.8 Å². The number of azo groups is 1. The van der Waals surface area contributed by atoms with Crippen LogP contribution in [0.4, 0.5) is 17.1 Å². The second-order valence-electron chi connectivity index (χ2n) is 5.19. The molecule has 0 fully saturated rings. The molecule has 0 heterocycles. The van der Waals surface area contributed by atoms with Gasteiger partial charge < -0.3 is 10.8 Å². The number of fused-ring (bicyclic) bond motifs is 1. The minimum absolute atomic E-state index is 0.0966. The highest BCUT2D eigenvalue weighted by Gasteiger charge is 2.12. The van der Waals surface area contributed by atoms with Gasteiger partial charge in [-0.2, -0.15) is 8.42 Å². The van der Waals surface area contributed by atoms with Crippen molar-refractivity contribution in [2.75, 3.05) is 5.73 Å². The number of nitrogen functional groups attached to an aromatic ring is 1. The molecule has 0 amide bonds. The summed E-state index contributed by atoms with van der Waals surface area (Å²) < 4.78 is 31.7. The first-order valence-corrected chi connectivity index (χ1v) is 8.77. The molecule has 0 saturated heterocycles. The molecule has 9 heteroatoms. The highest BCUT2D eigenvalue weighted by atomic mass is 35.5. The van der Waals surface area contributed by atoms with E-state index in [1.165, 1.54) is 36.4 Å². The molecule has 25 heavy (non-hydrogen) atoms. The van der Waals surface area contributed by atoms with Gasteiger partial charge in [-0.25, -0.2) is 0 Å². The summed E-state index contributed by atoms with van der Waals surface area (Å²) in [6, 6.07) is 11.5. The average molecular weight is 378 g/mol. The van der Waals surface area contributed by atoms with Crippen LogP contribution in [-0.2, 0) is 10.1 Å². The van der Waals surface area contributed by atoms with Gasteiger partial charge in [0, 0.05) is 10.4 Å². The van der Waals surface area contributed by atoms with Crippen LogP contribution in [0.5, 0.6) is 5.75 Å². The molecule has 0 aromatic heterocycles. The van der Waals surface area contributed by atoms with E-state index >= 15 is 0 Å². The average Bonchev–Trinajstić information content (AvgIpc) is 2.55. The molecule has 3 aromatic carbocycles. The van der Waals surface area contributed by atoms with Gasteiger partial charge in [0.15, 0.2) is 0 Å². The van der Waals surface area contributed by atoms with Crippen LogP contribution in [0.3, 0.4) is 0 Å². The zero-order valence-electron chi connectivity index (χ0n) is 12.6. The summed E-state index contributed by atoms with van der Waals surface area (Å²) in [6.07, 6.45) is 0. The molecule has 0 radical (unpaired) electrons. The number of benzene rings is 3. The van der Waals surface area contributed by atoms with E-state index in [1.54, 1.807) is 12.1 Å². The summed E-state index contributed by atoms with van der Waals surface area (Å²) >= 11 is 5.87. The summed E-state index contributed by atoms with van der Waals surface area (Å²) in [5, 5.41) is 19.2. The number of aromatic hydroxyl groups is 1. The minimum Gasteiger partial charge on any atom is -0.506 e. The number of rotatable bonds is 3. The fourth-order valence-electron chi connectivity index (χ4n) is 2.26. The largest absolute Gasteiger partial charge is 0.506 e. The summed E-state index contributed by atoms with van der Waals surface area (Å²) in [5.41, 5.74) is 6.72. The summed E-state index contributed by atoms with van der Waals surface area (Å²) in [6.45, 7) is 0. The number of nitrogens with two attached hydrogens (primary N) is 1. The van der Waals surface area contributed by atoms with Crippen molar-refractivity contribution in [3.8, 4) is 5.75 Å². The van der Waals surface area contributed by atoms with Gasteiger partial charge in [0.2, 0.25) is 0 Å². The van der Waals surface area contributed by atoms with Crippen molar-refractivity contribution < 1.29 is 18.1 Å². The number of hydrogen-bond donors (Lipinski definition) is 3. The van der Waals surface area contributed by atoms with Crippen LogP contribution < -0.4 is 5.73 Å². The maximum absolute atomic E-state index is 11.3. The molecule has 0 aliphatic carbocycles. The van der Waals surface area contributed by atoms with Crippen molar-refractivity contribution in [2.24, 2.45) is 10.2 Å². The van der Waals surface area contributed by atoms with E-state index in [4.69, 9.17) is 21.9 Å². The van der Waals surface area contributed by atoms with E-state index in [1.807, 2.05) is 0 Å². The first-order chi connectivity index (χ1) is 11.8. The van der Waals surface area contributed by atoms with E-state index in [-0.39, 0.29) is 16.3 Å². The Labute approximate surface area is 148 Å². The van der Waals surface area contributed by atoms with Gasteiger partial charge in [0.25, 0.3) is 10.1 Å². The highest BCUT2D eigenvalue weighted by molar-refractivity contribution is 7.85. The number of nitrogens with zero attached hydrogens (tertiary/aromatic N) is 2. The summed E-state index contributed by atoms with van der Waals surface area (Å²) in [7, 11) is -4.32. The maximum atomic E-state index is 11.3. The Balaban J connectivity index is 2.14. The molecule has 0 atom stereocenters. The summed E-state index contributed by atoms with van der Waals surface area (Å²) in [4.78, 5) is -0.236. The van der Waals surface area contributed by atoms with Crippen LogP contribution in [0.1, 0.15) is 0 Å². The number of anilines is 1.